The minimum absolute atomic E-state index is 0.222. The fraction of sp³-hybridized carbons (Fsp3) is 0.386. The molecule has 4 heterocycles. The number of esters is 2. The number of rotatable bonds is 11. The van der Waals surface area contributed by atoms with Crippen LogP contribution in [-0.4, -0.2) is 82.8 Å². The molecule has 6 N–H and O–H groups in total. The lowest BCUT2D eigenvalue weighted by molar-refractivity contribution is -0.639. The summed E-state index contributed by atoms with van der Waals surface area (Å²) in [6, 6.07) is 10.8. The molecule has 30 heteroatoms. The van der Waals surface area contributed by atoms with Crippen LogP contribution in [0.4, 0.5) is 43.7 Å². The van der Waals surface area contributed by atoms with Crippen molar-refractivity contribution in [3.05, 3.63) is 160 Å². The molecule has 0 bridgehead atoms. The Morgan fingerprint density at radius 3 is 1.72 bits per heavy atom. The van der Waals surface area contributed by atoms with Crippen molar-refractivity contribution in [3.63, 3.8) is 0 Å². The van der Waals surface area contributed by atoms with Gasteiger partial charge in [-0.05, 0) is 149 Å². The van der Waals surface area contributed by atoms with E-state index in [-0.39, 0.29) is 11.7 Å². The molecule has 2 amide bonds. The Bertz CT molecular complexity index is 3520. The number of nitrogen functional groups attached to an aromatic ring is 1. The number of nitro groups is 4. The molecular weight excluding hydrogens is 1140 g/mol. The summed E-state index contributed by atoms with van der Waals surface area (Å²) in [7, 11) is 0. The molecule has 0 radical (unpaired) electrons. The van der Waals surface area contributed by atoms with Crippen LogP contribution in [-0.2, 0) is 23.7 Å². The van der Waals surface area contributed by atoms with Gasteiger partial charge >= 0.3 is 29.8 Å². The first-order chi connectivity index (χ1) is 40.7. The van der Waals surface area contributed by atoms with Crippen molar-refractivity contribution >= 4 is 63.8 Å². The Balaban J connectivity index is 0.000000276. The maximum absolute atomic E-state index is 12.2. The molecule has 0 spiro atoms. The highest BCUT2D eigenvalue weighted by Crippen LogP contribution is 2.42. The number of anilines is 2. The van der Waals surface area contributed by atoms with Crippen LogP contribution in [0.1, 0.15) is 125 Å². The van der Waals surface area contributed by atoms with Gasteiger partial charge < -0.3 is 28.9 Å². The Labute approximate surface area is 499 Å². The Hall–Kier alpha value is -10.6. The van der Waals surface area contributed by atoms with Crippen molar-refractivity contribution in [2.75, 3.05) is 29.7 Å². The number of pyridine rings is 3. The van der Waals surface area contributed by atoms with Crippen LogP contribution in [0.2, 0.25) is 0 Å². The summed E-state index contributed by atoms with van der Waals surface area (Å²) in [5.74, 6) is 14.7. The van der Waals surface area contributed by atoms with Crippen molar-refractivity contribution in [2.24, 2.45) is 11.8 Å². The van der Waals surface area contributed by atoms with Crippen LogP contribution in [0.3, 0.4) is 0 Å². The summed E-state index contributed by atoms with van der Waals surface area (Å²) >= 11 is 0. The van der Waals surface area contributed by atoms with Crippen LogP contribution < -0.4 is 37.0 Å². The van der Waals surface area contributed by atoms with Crippen molar-refractivity contribution in [2.45, 2.75) is 126 Å². The lowest BCUT2D eigenvalue weighted by Crippen LogP contribution is -2.43. The molecule has 6 aromatic rings. The average Bonchev–Trinajstić information content (AvgIpc) is 1.67. The highest BCUT2D eigenvalue weighted by molar-refractivity contribution is 5.99. The van der Waals surface area contributed by atoms with Crippen molar-refractivity contribution in [1.29, 1.82) is 0 Å². The lowest BCUT2D eigenvalue weighted by Gasteiger charge is -2.20. The van der Waals surface area contributed by atoms with Gasteiger partial charge in [0.1, 0.15) is 16.8 Å². The summed E-state index contributed by atoms with van der Waals surface area (Å²) in [4.78, 5) is 91.5. The number of hydrogen-bond acceptors (Lipinski definition) is 22. The Kier molecular flexibility index (Phi) is 26.4. The van der Waals surface area contributed by atoms with Gasteiger partial charge in [0, 0.05) is 65.8 Å². The van der Waals surface area contributed by atoms with E-state index in [0.717, 1.165) is 84.0 Å². The number of nitrogens with two attached hydrogens (primary N) is 2. The highest BCUT2D eigenvalue weighted by atomic mass is 16.7. The summed E-state index contributed by atoms with van der Waals surface area (Å²) in [5.41, 5.74) is 4.80. The summed E-state index contributed by atoms with van der Waals surface area (Å²) in [6.07, 6.45) is 12.3. The first-order valence-electron chi connectivity index (χ1n) is 26.6. The molecule has 0 saturated heterocycles. The highest BCUT2D eigenvalue weighted by Gasteiger charge is 2.33. The van der Waals surface area contributed by atoms with Crippen molar-refractivity contribution in [1.82, 2.24) is 14.6 Å². The normalized spacial score (nSPS) is 11.9. The number of fused-ring (bicyclic) bond motifs is 1. The molecule has 2 saturated carbocycles. The minimum Gasteiger partial charge on any atom is -0.868 e. The SMILES string of the molecule is CCOC(=O)C#CC1CC1.CCOC(=O)c1c(C2CC2)nn2cc(C)c(C)cc12.Cc1c[n+](N)ccc1NC(=O)OC(C)(C)C.Cc1cnccc1NC(=O)OC(C)(C)C.NOc1ccc([N+](=O)[O-])cc1[N+](=O)[O-].O=[N+]([O-])c1ccc([O-])c([N+](=O)[O-])c1. The minimum atomic E-state index is -0.949. The third-order valence-electron chi connectivity index (χ3n) is 11.2. The monoisotopic (exact) mass is 1210 g/mol. The van der Waals surface area contributed by atoms with Crippen LogP contribution in [0.25, 0.3) is 5.52 Å². The number of aromatic nitrogens is 4. The van der Waals surface area contributed by atoms with Crippen LogP contribution in [0.15, 0.2) is 85.6 Å². The average molecular weight is 1210 g/mol. The lowest BCUT2D eigenvalue weighted by atomic mass is 10.1. The van der Waals surface area contributed by atoms with E-state index >= 15 is 0 Å². The zero-order valence-corrected chi connectivity index (χ0v) is 50.1. The molecular formula is C57H70N12O18. The van der Waals surface area contributed by atoms with Gasteiger partial charge in [-0.25, -0.2) is 29.5 Å². The number of carbonyl (C=O) groups is 4. The smallest absolute Gasteiger partial charge is 0.412 e. The number of ether oxygens (including phenoxy) is 4. The zero-order valence-electron chi connectivity index (χ0n) is 50.1. The van der Waals surface area contributed by atoms with Crippen LogP contribution >= 0.6 is 0 Å². The molecule has 0 atom stereocenters. The number of carbonyl (C=O) groups excluding carboxylic acids is 4. The number of hydrogen-bond donors (Lipinski definition) is 4. The van der Waals surface area contributed by atoms with E-state index in [0.29, 0.717) is 42.4 Å². The molecule has 2 aliphatic rings. The third-order valence-corrected chi connectivity index (χ3v) is 11.2. The fourth-order valence-electron chi connectivity index (χ4n) is 6.75. The number of aryl methyl sites for hydroxylation is 4. The second kappa shape index (κ2) is 32.5. The molecule has 2 aliphatic carbocycles. The third kappa shape index (κ3) is 24.7. The molecule has 30 nitrogen and oxygen atoms in total. The first-order valence-corrected chi connectivity index (χ1v) is 26.6. The second-order valence-electron chi connectivity index (χ2n) is 20.9. The van der Waals surface area contributed by atoms with E-state index in [9.17, 15) is 64.7 Å². The van der Waals surface area contributed by atoms with Gasteiger partial charge in [-0.2, -0.15) is 11.0 Å². The standard InChI is InChI=1S/C15H18N2O2.C11H17N3O2.C11H16N2O2.C8H10O2.C6H5N3O5.C6H4N2O5/c1-4-19-15(18)13-12-7-9(2)10(3)8-17(12)16-14(13)11-5-6-11;1-8-7-14(12)6-5-9(8)13-10(15)16-11(2,3)4;1-8-7-12-6-5-9(8)13-10(14)15-11(2,3)4;1-2-10-8(9)6-5-7-3-4-7;7-14-6-2-1-4(8(10)11)3-5(6)9(12)13;9-6-2-1-4(7(10)11)3-5(6)8(12)13/h7-8,11H,4-6H2,1-3H3;5-7H,12H2,1-4H3;5-7H,1-4H3,(H,12,13,14);7H,2-4H2,1H3;1-3H,7H2;1-3,9H. The number of non-ortho nitro benzene ring substituents is 2. The Morgan fingerprint density at radius 2 is 1.25 bits per heavy atom. The van der Waals surface area contributed by atoms with Gasteiger partial charge in [-0.1, -0.05) is 16.7 Å². The molecule has 87 heavy (non-hydrogen) atoms. The van der Waals surface area contributed by atoms with Crippen LogP contribution in [0.5, 0.6) is 11.5 Å². The number of nitro benzene ring substituents is 4. The zero-order chi connectivity index (χ0) is 65.5. The predicted molar refractivity (Wildman–Crippen MR) is 314 cm³/mol. The van der Waals surface area contributed by atoms with Gasteiger partial charge in [-0.15, -0.1) is 0 Å². The number of nitrogens with one attached hydrogen (secondary N) is 2. The molecule has 2 aromatic carbocycles. The van der Waals surface area contributed by atoms with Gasteiger partial charge in [0.2, 0.25) is 18.1 Å². The van der Waals surface area contributed by atoms with Crippen LogP contribution in [0, 0.1) is 85.9 Å². The summed E-state index contributed by atoms with van der Waals surface area (Å²) in [6.45, 7) is 23.2. The Morgan fingerprint density at radius 1 is 0.713 bits per heavy atom. The van der Waals surface area contributed by atoms with E-state index in [2.05, 4.69) is 49.1 Å². The van der Waals surface area contributed by atoms with Crippen molar-refractivity contribution < 1.29 is 72.4 Å². The fourth-order valence-corrected chi connectivity index (χ4v) is 6.75. The summed E-state index contributed by atoms with van der Waals surface area (Å²) < 4.78 is 23.3. The molecule has 2 fully saturated rings. The molecule has 466 valence electrons. The predicted octanol–water partition coefficient (Wildman–Crippen LogP) is 9.38. The van der Waals surface area contributed by atoms with E-state index < -0.39 is 77.6 Å². The largest absolute Gasteiger partial charge is 0.868 e. The van der Waals surface area contributed by atoms with Gasteiger partial charge in [0.05, 0.1) is 61.9 Å². The molecule has 0 unspecified atom stereocenters. The van der Waals surface area contributed by atoms with Crippen molar-refractivity contribution in [3.8, 4) is 23.3 Å². The maximum Gasteiger partial charge on any atom is 0.412 e. The van der Waals surface area contributed by atoms with E-state index in [1.165, 1.54) is 15.8 Å². The van der Waals surface area contributed by atoms with Gasteiger partial charge in [-0.3, -0.25) is 56.1 Å². The number of amides is 2. The van der Waals surface area contributed by atoms with E-state index in [4.69, 9.17) is 26.0 Å². The van der Waals surface area contributed by atoms with Gasteiger partial charge in [0.15, 0.2) is 0 Å². The molecule has 0 aliphatic heterocycles. The number of benzene rings is 2. The van der Waals surface area contributed by atoms with E-state index in [1.54, 1.807) is 43.8 Å². The summed E-state index contributed by atoms with van der Waals surface area (Å²) in [5, 5.41) is 61.7. The second-order valence-corrected chi connectivity index (χ2v) is 20.9. The van der Waals surface area contributed by atoms with E-state index in [1.807, 2.05) is 86.0 Å². The molecule has 4 aromatic heterocycles. The van der Waals surface area contributed by atoms with Gasteiger partial charge in [0.25, 0.3) is 17.1 Å². The molecule has 8 rings (SSSR count). The number of nitrogens with zero attached hydrogens (tertiary/aromatic N) is 8. The first kappa shape index (κ1) is 70.7. The topological polar surface area (TPSA) is 420 Å². The maximum atomic E-state index is 12.2. The quantitative estimate of drug-likeness (QED) is 0.0137.